The minimum atomic E-state index is -4.70. The van der Waals surface area contributed by atoms with E-state index in [2.05, 4.69) is 15.5 Å². The maximum atomic E-state index is 13.5. The van der Waals surface area contributed by atoms with E-state index in [0.29, 0.717) is 17.4 Å². The highest BCUT2D eigenvalue weighted by atomic mass is 32.2. The van der Waals surface area contributed by atoms with Gasteiger partial charge in [0.25, 0.3) is 0 Å². The van der Waals surface area contributed by atoms with Gasteiger partial charge in [-0.2, -0.15) is 0 Å². The Hall–Kier alpha value is -2.81. The van der Waals surface area contributed by atoms with E-state index in [1.54, 1.807) is 48.5 Å². The number of anilines is 1. The Labute approximate surface area is 151 Å². The Kier molecular flexibility index (Phi) is 5.27. The van der Waals surface area contributed by atoms with Crippen LogP contribution in [0.15, 0.2) is 65.8 Å². The van der Waals surface area contributed by atoms with Crippen LogP contribution >= 0.6 is 11.8 Å². The smallest absolute Gasteiger partial charge is 0.325 e. The third-order valence-corrected chi connectivity index (χ3v) is 4.24. The number of amides is 1. The molecule has 0 saturated carbocycles. The molecule has 26 heavy (non-hydrogen) atoms. The fourth-order valence-corrected chi connectivity index (χ4v) is 2.96. The summed E-state index contributed by atoms with van der Waals surface area (Å²) in [7, 11) is 0. The van der Waals surface area contributed by atoms with Crippen molar-refractivity contribution in [2.24, 2.45) is 0 Å². The molecule has 3 rings (SSSR count). The summed E-state index contributed by atoms with van der Waals surface area (Å²) in [5, 5.41) is 9.49. The van der Waals surface area contributed by atoms with E-state index < -0.39 is 12.2 Å². The second kappa shape index (κ2) is 7.61. The van der Waals surface area contributed by atoms with Crippen molar-refractivity contribution in [3.63, 3.8) is 0 Å². The Morgan fingerprint density at radius 2 is 1.62 bits per heavy atom. The van der Waals surface area contributed by atoms with Crippen molar-refractivity contribution in [3.8, 4) is 11.4 Å². The van der Waals surface area contributed by atoms with Crippen LogP contribution in [0, 0.1) is 0 Å². The summed E-state index contributed by atoms with van der Waals surface area (Å²) >= 11 is 0.674. The average Bonchev–Trinajstić information content (AvgIpc) is 3.06. The maximum absolute atomic E-state index is 13.5. The molecular weight excluding hydrogens is 365 g/mol. The van der Waals surface area contributed by atoms with Gasteiger partial charge < -0.3 is 5.32 Å². The van der Waals surface area contributed by atoms with Gasteiger partial charge in [0, 0.05) is 11.3 Å². The summed E-state index contributed by atoms with van der Waals surface area (Å²) in [6, 6.07) is 16.6. The van der Waals surface area contributed by atoms with Crippen molar-refractivity contribution in [2.75, 3.05) is 11.1 Å². The highest BCUT2D eigenvalue weighted by molar-refractivity contribution is 7.99. The van der Waals surface area contributed by atoms with Gasteiger partial charge in [-0.3, -0.25) is 4.79 Å². The quantitative estimate of drug-likeness (QED) is 0.678. The highest BCUT2D eigenvalue weighted by Crippen LogP contribution is 2.33. The summed E-state index contributed by atoms with van der Waals surface area (Å²) in [6.45, 7) is 0. The molecule has 0 aliphatic heterocycles. The molecule has 134 valence electrons. The van der Waals surface area contributed by atoms with Crippen LogP contribution in [0.5, 0.6) is 0 Å². The summed E-state index contributed by atoms with van der Waals surface area (Å²) in [5.41, 5.74) is 0.860. The van der Waals surface area contributed by atoms with Gasteiger partial charge in [-0.1, -0.05) is 60.3 Å². The van der Waals surface area contributed by atoms with Crippen molar-refractivity contribution >= 4 is 23.4 Å². The molecule has 1 amide bonds. The van der Waals surface area contributed by atoms with Gasteiger partial charge in [0.15, 0.2) is 11.0 Å². The highest BCUT2D eigenvalue weighted by Gasteiger charge is 2.37. The number of halogens is 3. The number of benzene rings is 2. The molecule has 0 fully saturated rings. The standard InChI is InChI=1S/C17H13F3N4OS/c18-17(19,20)24-15(12-7-3-1-4-8-12)22-23-16(24)26-11-14(25)21-13-9-5-2-6-10-13/h1-10H,11H2,(H,21,25). The van der Waals surface area contributed by atoms with E-state index >= 15 is 0 Å². The van der Waals surface area contributed by atoms with Crippen LogP contribution in [0.2, 0.25) is 0 Å². The van der Waals surface area contributed by atoms with E-state index in [1.165, 1.54) is 12.1 Å². The SMILES string of the molecule is O=C(CSc1nnc(-c2ccccc2)n1C(F)(F)F)Nc1ccccc1. The van der Waals surface area contributed by atoms with E-state index in [0.717, 1.165) is 0 Å². The molecule has 0 atom stereocenters. The van der Waals surface area contributed by atoms with Gasteiger partial charge >= 0.3 is 6.30 Å². The van der Waals surface area contributed by atoms with Crippen molar-refractivity contribution in [1.82, 2.24) is 14.8 Å². The predicted molar refractivity (Wildman–Crippen MR) is 92.6 cm³/mol. The number of aromatic nitrogens is 3. The number of thioether (sulfide) groups is 1. The number of carbonyl (C=O) groups is 1. The fraction of sp³-hybridized carbons (Fsp3) is 0.118. The average molecular weight is 378 g/mol. The molecule has 5 nitrogen and oxygen atoms in total. The largest absolute Gasteiger partial charge is 0.492 e. The monoisotopic (exact) mass is 378 g/mol. The first-order valence-corrected chi connectivity index (χ1v) is 8.49. The lowest BCUT2D eigenvalue weighted by Gasteiger charge is -2.13. The van der Waals surface area contributed by atoms with Crippen LogP contribution in [-0.4, -0.2) is 26.4 Å². The first kappa shape index (κ1) is 18.0. The lowest BCUT2D eigenvalue weighted by molar-refractivity contribution is -0.208. The first-order valence-electron chi connectivity index (χ1n) is 7.51. The first-order chi connectivity index (χ1) is 12.4. The van der Waals surface area contributed by atoms with E-state index in [1.807, 2.05) is 0 Å². The summed E-state index contributed by atoms with van der Waals surface area (Å²) in [5.74, 6) is -0.971. The molecule has 3 aromatic rings. The summed E-state index contributed by atoms with van der Waals surface area (Å²) < 4.78 is 40.5. The van der Waals surface area contributed by atoms with Gasteiger partial charge in [0.1, 0.15) is 0 Å². The maximum Gasteiger partial charge on any atom is 0.492 e. The third kappa shape index (κ3) is 4.23. The lowest BCUT2D eigenvalue weighted by atomic mass is 10.2. The Morgan fingerprint density at radius 1 is 1.00 bits per heavy atom. The van der Waals surface area contributed by atoms with E-state index in [-0.39, 0.29) is 26.9 Å². The molecule has 1 heterocycles. The van der Waals surface area contributed by atoms with Crippen LogP contribution in [0.1, 0.15) is 0 Å². The van der Waals surface area contributed by atoms with Gasteiger partial charge in [-0.15, -0.1) is 23.4 Å². The second-order valence-corrected chi connectivity index (χ2v) is 6.12. The molecule has 0 unspecified atom stereocenters. The zero-order valence-corrected chi connectivity index (χ0v) is 14.1. The Morgan fingerprint density at radius 3 is 2.23 bits per heavy atom. The van der Waals surface area contributed by atoms with Crippen LogP contribution in [-0.2, 0) is 11.1 Å². The molecule has 1 N–H and O–H groups in total. The summed E-state index contributed by atoms with van der Waals surface area (Å²) in [6.07, 6.45) is -4.70. The Balaban J connectivity index is 1.78. The molecular formula is C17H13F3N4OS. The number of alkyl halides is 3. The number of carbonyl (C=O) groups excluding carboxylic acids is 1. The van der Waals surface area contributed by atoms with Crippen LogP contribution in [0.3, 0.4) is 0 Å². The van der Waals surface area contributed by atoms with E-state index in [9.17, 15) is 18.0 Å². The predicted octanol–water partition coefficient (Wildman–Crippen LogP) is 4.15. The number of para-hydroxylation sites is 1. The number of rotatable bonds is 5. The number of hydrogen-bond donors (Lipinski definition) is 1. The Bertz CT molecular complexity index is 882. The third-order valence-electron chi connectivity index (χ3n) is 3.31. The number of nitrogens with zero attached hydrogens (tertiary/aromatic N) is 3. The van der Waals surface area contributed by atoms with Crippen LogP contribution in [0.25, 0.3) is 11.4 Å². The van der Waals surface area contributed by atoms with Crippen LogP contribution in [0.4, 0.5) is 18.9 Å². The second-order valence-electron chi connectivity index (χ2n) is 5.18. The van der Waals surface area contributed by atoms with E-state index in [4.69, 9.17) is 0 Å². The van der Waals surface area contributed by atoms with Crippen LogP contribution < -0.4 is 5.32 Å². The van der Waals surface area contributed by atoms with Crippen molar-refractivity contribution in [3.05, 3.63) is 60.7 Å². The van der Waals surface area contributed by atoms with Crippen molar-refractivity contribution in [2.45, 2.75) is 11.5 Å². The normalized spacial score (nSPS) is 11.3. The molecule has 9 heteroatoms. The molecule has 0 saturated heterocycles. The molecule has 1 aromatic heterocycles. The molecule has 0 aliphatic rings. The van der Waals surface area contributed by atoms with Gasteiger partial charge in [-0.25, -0.2) is 4.57 Å². The number of hydrogen-bond acceptors (Lipinski definition) is 4. The molecule has 0 radical (unpaired) electrons. The number of nitrogens with one attached hydrogen (secondary N) is 1. The fourth-order valence-electron chi connectivity index (χ4n) is 2.21. The van der Waals surface area contributed by atoms with Crippen molar-refractivity contribution < 1.29 is 18.0 Å². The zero-order chi connectivity index (χ0) is 18.6. The molecule has 0 spiro atoms. The molecule has 0 aliphatic carbocycles. The van der Waals surface area contributed by atoms with Gasteiger partial charge in [-0.05, 0) is 12.1 Å². The van der Waals surface area contributed by atoms with Gasteiger partial charge in [0.2, 0.25) is 5.91 Å². The van der Waals surface area contributed by atoms with Crippen molar-refractivity contribution in [1.29, 1.82) is 0 Å². The minimum absolute atomic E-state index is 0.0861. The van der Waals surface area contributed by atoms with Gasteiger partial charge in [0.05, 0.1) is 5.75 Å². The minimum Gasteiger partial charge on any atom is -0.325 e. The topological polar surface area (TPSA) is 59.8 Å². The zero-order valence-electron chi connectivity index (χ0n) is 13.3. The molecule has 2 aromatic carbocycles. The molecule has 0 bridgehead atoms. The lowest BCUT2D eigenvalue weighted by Crippen LogP contribution is -2.20. The summed E-state index contributed by atoms with van der Waals surface area (Å²) in [4.78, 5) is 12.0.